The molecule has 0 unspecified atom stereocenters. The molecule has 0 amide bonds. The molecule has 17 heavy (non-hydrogen) atoms. The third-order valence-corrected chi connectivity index (χ3v) is 2.59. The Kier molecular flexibility index (Phi) is 5.15. The summed E-state index contributed by atoms with van der Waals surface area (Å²) in [6, 6.07) is 2.65. The van der Waals surface area contributed by atoms with E-state index in [2.05, 4.69) is 42.6 Å². The smallest absolute Gasteiger partial charge is 0.218 e. The van der Waals surface area contributed by atoms with Crippen LogP contribution in [0.25, 0.3) is 0 Å². The van der Waals surface area contributed by atoms with Crippen molar-refractivity contribution in [2.45, 2.75) is 39.8 Å². The van der Waals surface area contributed by atoms with Gasteiger partial charge in [0.05, 0.1) is 0 Å². The number of nitrogens with two attached hydrogens (primary N) is 1. The average Bonchev–Trinajstić information content (AvgIpc) is 2.23. The molecule has 1 heterocycles. The minimum atomic E-state index is 0.430. The van der Waals surface area contributed by atoms with Crippen molar-refractivity contribution in [1.82, 2.24) is 14.9 Å². The van der Waals surface area contributed by atoms with Crippen LogP contribution in [0.3, 0.4) is 0 Å². The van der Waals surface area contributed by atoms with E-state index in [0.717, 1.165) is 6.54 Å². The Balaban J connectivity index is 2.41. The van der Waals surface area contributed by atoms with E-state index in [1.54, 1.807) is 6.07 Å². The number of nitrogens with zero attached hydrogens (tertiary/aromatic N) is 3. The van der Waals surface area contributed by atoms with Gasteiger partial charge in [-0.25, -0.2) is 9.97 Å². The van der Waals surface area contributed by atoms with E-state index in [-0.39, 0.29) is 0 Å². The van der Waals surface area contributed by atoms with E-state index >= 15 is 0 Å². The van der Waals surface area contributed by atoms with Gasteiger partial charge in [0.1, 0.15) is 18.8 Å². The van der Waals surface area contributed by atoms with E-state index < -0.39 is 0 Å². The standard InChI is InChI=1S/C12H22N4O/c1-9(2)16(10(3)4)5-6-17-12-7-11(13)14-8-15-12/h7-10H,5-6H2,1-4H3,(H2,13,14,15). The highest BCUT2D eigenvalue weighted by Crippen LogP contribution is 2.09. The molecule has 1 aromatic heterocycles. The first kappa shape index (κ1) is 13.7. The molecule has 96 valence electrons. The summed E-state index contributed by atoms with van der Waals surface area (Å²) >= 11 is 0. The minimum Gasteiger partial charge on any atom is -0.476 e. The number of hydrogen-bond acceptors (Lipinski definition) is 5. The summed E-state index contributed by atoms with van der Waals surface area (Å²) in [5.41, 5.74) is 5.55. The molecule has 0 aliphatic carbocycles. The molecule has 0 aliphatic heterocycles. The van der Waals surface area contributed by atoms with Crippen LogP contribution in [0.4, 0.5) is 5.82 Å². The molecule has 2 N–H and O–H groups in total. The lowest BCUT2D eigenvalue weighted by atomic mass is 10.2. The van der Waals surface area contributed by atoms with Gasteiger partial charge in [0.2, 0.25) is 5.88 Å². The van der Waals surface area contributed by atoms with E-state index in [0.29, 0.717) is 30.4 Å². The fraction of sp³-hybridized carbons (Fsp3) is 0.667. The molecule has 0 saturated carbocycles. The van der Waals surface area contributed by atoms with Gasteiger partial charge in [-0.3, -0.25) is 4.90 Å². The monoisotopic (exact) mass is 238 g/mol. The van der Waals surface area contributed by atoms with Crippen LogP contribution >= 0.6 is 0 Å². The Morgan fingerprint density at radius 2 is 1.88 bits per heavy atom. The summed E-state index contributed by atoms with van der Waals surface area (Å²) in [4.78, 5) is 10.2. The first-order chi connectivity index (χ1) is 8.00. The van der Waals surface area contributed by atoms with Crippen LogP contribution in [0.2, 0.25) is 0 Å². The molecule has 0 radical (unpaired) electrons. The maximum absolute atomic E-state index is 5.55. The molecule has 0 fully saturated rings. The van der Waals surface area contributed by atoms with Crippen molar-refractivity contribution in [2.24, 2.45) is 0 Å². The second-order valence-corrected chi connectivity index (χ2v) is 4.55. The van der Waals surface area contributed by atoms with E-state index in [9.17, 15) is 0 Å². The topological polar surface area (TPSA) is 64.3 Å². The Morgan fingerprint density at radius 3 is 2.41 bits per heavy atom. The molecule has 1 aromatic rings. The second-order valence-electron chi connectivity index (χ2n) is 4.55. The molecule has 0 atom stereocenters. The third-order valence-electron chi connectivity index (χ3n) is 2.59. The van der Waals surface area contributed by atoms with Gasteiger partial charge in [0.25, 0.3) is 0 Å². The molecule has 0 aromatic carbocycles. The molecule has 0 spiro atoms. The van der Waals surface area contributed by atoms with Crippen LogP contribution in [-0.4, -0.2) is 40.1 Å². The van der Waals surface area contributed by atoms with Gasteiger partial charge >= 0.3 is 0 Å². The first-order valence-corrected chi connectivity index (χ1v) is 5.96. The van der Waals surface area contributed by atoms with Crippen LogP contribution in [0.15, 0.2) is 12.4 Å². The third kappa shape index (κ3) is 4.56. The lowest BCUT2D eigenvalue weighted by molar-refractivity contribution is 0.140. The maximum Gasteiger partial charge on any atom is 0.218 e. The molecule has 0 aliphatic rings. The predicted octanol–water partition coefficient (Wildman–Crippen LogP) is 1.56. The summed E-state index contributed by atoms with van der Waals surface area (Å²) in [7, 11) is 0. The normalized spacial score (nSPS) is 11.5. The van der Waals surface area contributed by atoms with Gasteiger partial charge in [-0.2, -0.15) is 0 Å². The molecule has 5 heteroatoms. The van der Waals surface area contributed by atoms with Gasteiger partial charge in [-0.1, -0.05) is 0 Å². The van der Waals surface area contributed by atoms with Crippen molar-refractivity contribution in [3.63, 3.8) is 0 Å². The van der Waals surface area contributed by atoms with E-state index in [1.807, 2.05) is 0 Å². The van der Waals surface area contributed by atoms with Crippen molar-refractivity contribution >= 4 is 5.82 Å². The minimum absolute atomic E-state index is 0.430. The number of ether oxygens (including phenoxy) is 1. The number of nitrogen functional groups attached to an aromatic ring is 1. The zero-order valence-corrected chi connectivity index (χ0v) is 11.1. The van der Waals surface area contributed by atoms with Gasteiger partial charge in [-0.15, -0.1) is 0 Å². The molecule has 0 bridgehead atoms. The number of hydrogen-bond donors (Lipinski definition) is 1. The summed E-state index contributed by atoms with van der Waals surface area (Å²) in [6.45, 7) is 10.2. The average molecular weight is 238 g/mol. The summed E-state index contributed by atoms with van der Waals surface area (Å²) < 4.78 is 5.54. The van der Waals surface area contributed by atoms with Crippen LogP contribution in [0.5, 0.6) is 5.88 Å². The molecular formula is C12H22N4O. The fourth-order valence-electron chi connectivity index (χ4n) is 1.80. The van der Waals surface area contributed by atoms with E-state index in [4.69, 9.17) is 10.5 Å². The zero-order chi connectivity index (χ0) is 12.8. The van der Waals surface area contributed by atoms with Gasteiger partial charge < -0.3 is 10.5 Å². The van der Waals surface area contributed by atoms with Crippen molar-refractivity contribution in [1.29, 1.82) is 0 Å². The van der Waals surface area contributed by atoms with Crippen molar-refractivity contribution in [3.8, 4) is 5.88 Å². The fourth-order valence-corrected chi connectivity index (χ4v) is 1.80. The van der Waals surface area contributed by atoms with Crippen molar-refractivity contribution < 1.29 is 4.74 Å². The Labute approximate surface area is 103 Å². The largest absolute Gasteiger partial charge is 0.476 e. The Hall–Kier alpha value is -1.36. The number of anilines is 1. The van der Waals surface area contributed by atoms with Crippen LogP contribution in [0, 0.1) is 0 Å². The number of aromatic nitrogens is 2. The zero-order valence-electron chi connectivity index (χ0n) is 11.1. The van der Waals surface area contributed by atoms with E-state index in [1.165, 1.54) is 6.33 Å². The molecule has 1 rings (SSSR count). The van der Waals surface area contributed by atoms with Gasteiger partial charge in [-0.05, 0) is 27.7 Å². The highest BCUT2D eigenvalue weighted by atomic mass is 16.5. The lowest BCUT2D eigenvalue weighted by Crippen LogP contribution is -2.39. The SMILES string of the molecule is CC(C)N(CCOc1cc(N)ncn1)C(C)C. The first-order valence-electron chi connectivity index (χ1n) is 5.96. The maximum atomic E-state index is 5.55. The van der Waals surface area contributed by atoms with Crippen LogP contribution in [0.1, 0.15) is 27.7 Å². The van der Waals surface area contributed by atoms with Crippen molar-refractivity contribution in [2.75, 3.05) is 18.9 Å². The Morgan fingerprint density at radius 1 is 1.24 bits per heavy atom. The van der Waals surface area contributed by atoms with Crippen LogP contribution < -0.4 is 10.5 Å². The summed E-state index contributed by atoms with van der Waals surface area (Å²) in [5, 5.41) is 0. The van der Waals surface area contributed by atoms with Crippen molar-refractivity contribution in [3.05, 3.63) is 12.4 Å². The molecule has 5 nitrogen and oxygen atoms in total. The predicted molar refractivity (Wildman–Crippen MR) is 68.9 cm³/mol. The molecular weight excluding hydrogens is 216 g/mol. The summed E-state index contributed by atoms with van der Waals surface area (Å²) in [6.07, 6.45) is 1.41. The highest BCUT2D eigenvalue weighted by molar-refractivity contribution is 5.30. The van der Waals surface area contributed by atoms with Crippen LogP contribution in [-0.2, 0) is 0 Å². The lowest BCUT2D eigenvalue weighted by Gasteiger charge is -2.30. The molecule has 0 saturated heterocycles. The Bertz CT molecular complexity index is 333. The highest BCUT2D eigenvalue weighted by Gasteiger charge is 2.12. The van der Waals surface area contributed by atoms with Gasteiger partial charge in [0.15, 0.2) is 0 Å². The summed E-state index contributed by atoms with van der Waals surface area (Å²) in [5.74, 6) is 0.963. The van der Waals surface area contributed by atoms with Gasteiger partial charge in [0, 0.05) is 24.7 Å². The number of rotatable bonds is 6. The second kappa shape index (κ2) is 6.39. The quantitative estimate of drug-likeness (QED) is 0.814.